The van der Waals surface area contributed by atoms with Crippen molar-refractivity contribution in [1.29, 1.82) is 0 Å². The van der Waals surface area contributed by atoms with Crippen molar-refractivity contribution in [3.8, 4) is 5.75 Å². The van der Waals surface area contributed by atoms with Crippen LogP contribution in [0.4, 0.5) is 8.78 Å². The lowest BCUT2D eigenvalue weighted by Crippen LogP contribution is -2.23. The van der Waals surface area contributed by atoms with Gasteiger partial charge in [0.05, 0.1) is 30.4 Å². The predicted molar refractivity (Wildman–Crippen MR) is 104 cm³/mol. The average molecular weight is 420 g/mol. The highest BCUT2D eigenvalue weighted by atomic mass is 32.1. The molecule has 0 bridgehead atoms. The number of ether oxygens (including phenoxy) is 2. The Hall–Kier alpha value is -3.07. The van der Waals surface area contributed by atoms with Crippen LogP contribution < -0.4 is 9.54 Å². The van der Waals surface area contributed by atoms with E-state index in [1.54, 1.807) is 31.2 Å². The summed E-state index contributed by atoms with van der Waals surface area (Å²) in [6.45, 7) is 1.45. The maximum atomic E-state index is 14.4. The molecule has 0 atom stereocenters. The number of esters is 1. The number of methoxy groups -OCH3 is 1. The number of benzene rings is 2. The van der Waals surface area contributed by atoms with Gasteiger partial charge in [0, 0.05) is 6.07 Å². The Morgan fingerprint density at radius 2 is 2.00 bits per heavy atom. The van der Waals surface area contributed by atoms with Crippen molar-refractivity contribution >= 4 is 33.4 Å². The molecule has 0 aliphatic heterocycles. The van der Waals surface area contributed by atoms with Gasteiger partial charge in [0.25, 0.3) is 5.91 Å². The van der Waals surface area contributed by atoms with E-state index in [0.29, 0.717) is 11.3 Å². The van der Waals surface area contributed by atoms with Gasteiger partial charge < -0.3 is 14.0 Å². The molecule has 0 saturated carbocycles. The Morgan fingerprint density at radius 3 is 2.72 bits per heavy atom. The van der Waals surface area contributed by atoms with Crippen LogP contribution in [0.1, 0.15) is 12.5 Å². The van der Waals surface area contributed by atoms with Crippen LogP contribution in [0, 0.1) is 11.6 Å². The van der Waals surface area contributed by atoms with Gasteiger partial charge in [0.1, 0.15) is 18.1 Å². The van der Waals surface area contributed by atoms with Gasteiger partial charge in [0.2, 0.25) is 0 Å². The lowest BCUT2D eigenvalue weighted by molar-refractivity contribution is -0.143. The molecular formula is C20H18F2N2O4S. The average Bonchev–Trinajstić information content (AvgIpc) is 2.98. The molecule has 0 unspecified atom stereocenters. The summed E-state index contributed by atoms with van der Waals surface area (Å²) in [7, 11) is 1.52. The van der Waals surface area contributed by atoms with Crippen LogP contribution in [-0.2, 0) is 27.3 Å². The van der Waals surface area contributed by atoms with Gasteiger partial charge >= 0.3 is 5.97 Å². The van der Waals surface area contributed by atoms with Crippen molar-refractivity contribution in [3.63, 3.8) is 0 Å². The number of hydrogen-bond donors (Lipinski definition) is 0. The predicted octanol–water partition coefficient (Wildman–Crippen LogP) is 3.22. The maximum Gasteiger partial charge on any atom is 0.326 e. The van der Waals surface area contributed by atoms with Gasteiger partial charge in [-0.3, -0.25) is 9.59 Å². The summed E-state index contributed by atoms with van der Waals surface area (Å²) in [5.41, 5.74) is 0.686. The summed E-state index contributed by atoms with van der Waals surface area (Å²) >= 11 is 0.922. The number of rotatable bonds is 6. The van der Waals surface area contributed by atoms with Gasteiger partial charge in [-0.05, 0) is 30.7 Å². The van der Waals surface area contributed by atoms with Crippen LogP contribution in [0.25, 0.3) is 10.2 Å². The fraction of sp³-hybridized carbons (Fsp3) is 0.250. The van der Waals surface area contributed by atoms with E-state index in [-0.39, 0.29) is 34.6 Å². The highest BCUT2D eigenvalue weighted by Crippen LogP contribution is 2.22. The standard InChI is InChI=1S/C20H18F2N2O4S/c1-3-28-18(26)11-24-19-15(22)9-13(21)10-16(19)29-20(24)23-17(25)8-12-5-4-6-14(7-12)27-2/h4-7,9-10H,3,8,11H2,1-2H3. The number of thiazole rings is 1. The highest BCUT2D eigenvalue weighted by molar-refractivity contribution is 7.16. The van der Waals surface area contributed by atoms with Crippen LogP contribution in [0.3, 0.4) is 0 Å². The molecule has 1 amide bonds. The Kier molecular flexibility index (Phi) is 6.38. The molecule has 0 aliphatic rings. The zero-order valence-corrected chi connectivity index (χ0v) is 16.6. The summed E-state index contributed by atoms with van der Waals surface area (Å²) in [6.07, 6.45) is -0.0122. The fourth-order valence-corrected chi connectivity index (χ4v) is 3.89. The lowest BCUT2D eigenvalue weighted by Gasteiger charge is -2.06. The van der Waals surface area contributed by atoms with E-state index in [2.05, 4.69) is 4.99 Å². The topological polar surface area (TPSA) is 69.9 Å². The van der Waals surface area contributed by atoms with Crippen LogP contribution in [0.2, 0.25) is 0 Å². The molecule has 6 nitrogen and oxygen atoms in total. The van der Waals surface area contributed by atoms with Crippen molar-refractivity contribution < 1.29 is 27.8 Å². The summed E-state index contributed by atoms with van der Waals surface area (Å²) in [4.78, 5) is 28.6. The summed E-state index contributed by atoms with van der Waals surface area (Å²) in [6, 6.07) is 8.82. The Balaban J connectivity index is 2.03. The summed E-state index contributed by atoms with van der Waals surface area (Å²) in [5.74, 6) is -2.11. The highest BCUT2D eigenvalue weighted by Gasteiger charge is 2.17. The molecule has 3 aromatic rings. The largest absolute Gasteiger partial charge is 0.497 e. The van der Waals surface area contributed by atoms with E-state index in [4.69, 9.17) is 9.47 Å². The molecule has 29 heavy (non-hydrogen) atoms. The molecule has 1 heterocycles. The van der Waals surface area contributed by atoms with Crippen molar-refractivity contribution in [2.75, 3.05) is 13.7 Å². The van der Waals surface area contributed by atoms with Crippen molar-refractivity contribution in [2.45, 2.75) is 19.9 Å². The Bertz CT molecular complexity index is 1140. The van der Waals surface area contributed by atoms with Crippen LogP contribution in [-0.4, -0.2) is 30.2 Å². The normalized spacial score (nSPS) is 11.7. The molecule has 0 saturated heterocycles. The van der Waals surface area contributed by atoms with Crippen molar-refractivity contribution in [1.82, 2.24) is 4.57 Å². The molecule has 0 N–H and O–H groups in total. The molecule has 3 rings (SSSR count). The van der Waals surface area contributed by atoms with Gasteiger partial charge in [0.15, 0.2) is 10.6 Å². The van der Waals surface area contributed by atoms with Gasteiger partial charge in [-0.25, -0.2) is 8.78 Å². The lowest BCUT2D eigenvalue weighted by atomic mass is 10.1. The summed E-state index contributed by atoms with van der Waals surface area (Å²) in [5, 5.41) is 0. The maximum absolute atomic E-state index is 14.4. The molecule has 9 heteroatoms. The number of amides is 1. The second-order valence-corrected chi connectivity index (χ2v) is 7.05. The van der Waals surface area contributed by atoms with Crippen LogP contribution >= 0.6 is 11.3 Å². The minimum absolute atomic E-state index is 0.00242. The fourth-order valence-electron chi connectivity index (χ4n) is 2.80. The van der Waals surface area contributed by atoms with E-state index in [1.807, 2.05) is 0 Å². The first-order valence-electron chi connectivity index (χ1n) is 8.75. The zero-order valence-electron chi connectivity index (χ0n) is 15.8. The third-order valence-corrected chi connectivity index (χ3v) is 5.02. The first-order valence-corrected chi connectivity index (χ1v) is 9.57. The first-order chi connectivity index (χ1) is 13.9. The second-order valence-electron chi connectivity index (χ2n) is 6.04. The number of halogens is 2. The Morgan fingerprint density at radius 1 is 1.21 bits per heavy atom. The minimum atomic E-state index is -0.845. The van der Waals surface area contributed by atoms with Gasteiger partial charge in [-0.15, -0.1) is 0 Å². The molecule has 0 spiro atoms. The van der Waals surface area contributed by atoms with E-state index in [1.165, 1.54) is 11.7 Å². The molecule has 0 radical (unpaired) electrons. The summed E-state index contributed by atoms with van der Waals surface area (Å²) < 4.78 is 39.5. The number of nitrogens with zero attached hydrogens (tertiary/aromatic N) is 2. The third kappa shape index (κ3) is 4.86. The second kappa shape index (κ2) is 8.95. The number of fused-ring (bicyclic) bond motifs is 1. The molecule has 0 fully saturated rings. The van der Waals surface area contributed by atoms with Gasteiger partial charge in [-0.1, -0.05) is 23.5 Å². The van der Waals surface area contributed by atoms with Gasteiger partial charge in [-0.2, -0.15) is 4.99 Å². The van der Waals surface area contributed by atoms with E-state index in [9.17, 15) is 18.4 Å². The number of carbonyl (C=O) groups is 2. The quantitative estimate of drug-likeness (QED) is 0.574. The molecule has 2 aromatic carbocycles. The molecule has 1 aromatic heterocycles. The third-order valence-electron chi connectivity index (χ3n) is 4.00. The SMILES string of the molecule is CCOC(=O)Cn1c(=NC(=O)Cc2cccc(OC)c2)sc2cc(F)cc(F)c21. The van der Waals surface area contributed by atoms with E-state index < -0.39 is 23.5 Å². The Labute approximate surface area is 169 Å². The minimum Gasteiger partial charge on any atom is -0.497 e. The van der Waals surface area contributed by atoms with Crippen molar-refractivity contribution in [3.05, 3.63) is 58.4 Å². The number of hydrogen-bond acceptors (Lipinski definition) is 5. The molecular weight excluding hydrogens is 402 g/mol. The number of carbonyl (C=O) groups excluding carboxylic acids is 2. The van der Waals surface area contributed by atoms with E-state index in [0.717, 1.165) is 23.5 Å². The molecule has 152 valence electrons. The smallest absolute Gasteiger partial charge is 0.326 e. The first kappa shape index (κ1) is 20.7. The van der Waals surface area contributed by atoms with E-state index >= 15 is 0 Å². The molecule has 0 aliphatic carbocycles. The van der Waals surface area contributed by atoms with Crippen LogP contribution in [0.5, 0.6) is 5.75 Å². The zero-order chi connectivity index (χ0) is 21.0. The van der Waals surface area contributed by atoms with Crippen LogP contribution in [0.15, 0.2) is 41.4 Å². The number of aromatic nitrogens is 1. The van der Waals surface area contributed by atoms with Crippen molar-refractivity contribution in [2.24, 2.45) is 4.99 Å². The monoisotopic (exact) mass is 420 g/mol.